The summed E-state index contributed by atoms with van der Waals surface area (Å²) in [6.45, 7) is 5.96. The van der Waals surface area contributed by atoms with Crippen LogP contribution in [0.4, 0.5) is 9.52 Å². The topological polar surface area (TPSA) is 80.8 Å². The quantitative estimate of drug-likeness (QED) is 0.265. The number of piperidine rings is 1. The van der Waals surface area contributed by atoms with Gasteiger partial charge in [-0.2, -0.15) is 0 Å². The van der Waals surface area contributed by atoms with Crippen molar-refractivity contribution < 1.29 is 23.4 Å². The molecule has 0 amide bonds. The van der Waals surface area contributed by atoms with Gasteiger partial charge in [0.15, 0.2) is 16.6 Å². The Morgan fingerprint density at radius 3 is 2.53 bits per heavy atom. The first-order valence-corrected chi connectivity index (χ1v) is 15.1. The third-order valence-corrected chi connectivity index (χ3v) is 7.51. The summed E-state index contributed by atoms with van der Waals surface area (Å²) in [6, 6.07) is 5.40. The normalized spacial score (nSPS) is 16.8. The lowest BCUT2D eigenvalue weighted by Gasteiger charge is -2.25. The minimum Gasteiger partial charge on any atom is -0.493 e. The van der Waals surface area contributed by atoms with Gasteiger partial charge in [0.2, 0.25) is 0 Å². The first-order chi connectivity index (χ1) is 18.6. The molecule has 2 saturated heterocycles. The highest BCUT2D eigenvalue weighted by atomic mass is 35.5. The lowest BCUT2D eigenvalue weighted by Crippen LogP contribution is -2.29. The van der Waals surface area contributed by atoms with Crippen LogP contribution in [0.3, 0.4) is 0 Å². The van der Waals surface area contributed by atoms with E-state index in [0.717, 1.165) is 42.7 Å². The summed E-state index contributed by atoms with van der Waals surface area (Å²) in [7, 11) is 0. The van der Waals surface area contributed by atoms with E-state index < -0.39 is 6.10 Å². The summed E-state index contributed by atoms with van der Waals surface area (Å²) in [5.41, 5.74) is 1.31. The predicted molar refractivity (Wildman–Crippen MR) is 153 cm³/mol. The number of oxazole rings is 1. The Labute approximate surface area is 238 Å². The molecule has 0 aliphatic carbocycles. The second kappa shape index (κ2) is 17.1. The number of fused-ring (bicyclic) bond motifs is 1. The van der Waals surface area contributed by atoms with Gasteiger partial charge < -0.3 is 23.9 Å². The van der Waals surface area contributed by atoms with Crippen LogP contribution in [-0.4, -0.2) is 60.0 Å². The number of hydrogen-bond donors (Lipinski definition) is 1. The van der Waals surface area contributed by atoms with E-state index in [4.69, 9.17) is 37.1 Å². The summed E-state index contributed by atoms with van der Waals surface area (Å²) in [5.74, 6) is 0.999. The Morgan fingerprint density at radius 2 is 1.89 bits per heavy atom. The van der Waals surface area contributed by atoms with Crippen LogP contribution in [0.15, 0.2) is 28.8 Å². The third-order valence-electron chi connectivity index (χ3n) is 6.35. The number of rotatable bonds is 9. The van der Waals surface area contributed by atoms with Gasteiger partial charge in [-0.05, 0) is 50.7 Å². The maximum absolute atomic E-state index is 12.8. The Kier molecular flexibility index (Phi) is 13.9. The first-order valence-electron chi connectivity index (χ1n) is 13.2. The number of nitrogens with zero attached hydrogens (tertiary/aromatic N) is 3. The first kappa shape index (κ1) is 30.9. The Bertz CT molecular complexity index is 1050. The van der Waals surface area contributed by atoms with Crippen LogP contribution in [0, 0.1) is 5.92 Å². The van der Waals surface area contributed by atoms with Gasteiger partial charge in [0.1, 0.15) is 11.3 Å². The van der Waals surface area contributed by atoms with Crippen molar-refractivity contribution in [2.24, 2.45) is 5.92 Å². The Morgan fingerprint density at radius 1 is 1.16 bits per heavy atom. The van der Waals surface area contributed by atoms with Gasteiger partial charge in [0, 0.05) is 44.5 Å². The van der Waals surface area contributed by atoms with Crippen molar-refractivity contribution in [3.63, 3.8) is 0 Å². The van der Waals surface area contributed by atoms with E-state index in [1.807, 2.05) is 19.1 Å². The molecule has 2 aliphatic heterocycles. The van der Waals surface area contributed by atoms with Gasteiger partial charge in [0.05, 0.1) is 36.0 Å². The maximum atomic E-state index is 12.8. The summed E-state index contributed by atoms with van der Waals surface area (Å²) >= 11 is 11.1. The molecule has 4 heterocycles. The van der Waals surface area contributed by atoms with E-state index in [1.54, 1.807) is 12.3 Å². The van der Waals surface area contributed by atoms with E-state index in [-0.39, 0.29) is 24.4 Å². The summed E-state index contributed by atoms with van der Waals surface area (Å²) in [5, 5.41) is 11.8. The second-order valence-corrected chi connectivity index (χ2v) is 11.1. The van der Waals surface area contributed by atoms with Crippen LogP contribution in [-0.2, 0) is 11.2 Å². The highest BCUT2D eigenvalue weighted by molar-refractivity contribution is 7.15. The smallest absolute Gasteiger partial charge is 0.198 e. The molecule has 212 valence electrons. The van der Waals surface area contributed by atoms with Crippen molar-refractivity contribution in [2.75, 3.05) is 49.8 Å². The van der Waals surface area contributed by atoms with E-state index in [9.17, 15) is 9.50 Å². The van der Waals surface area contributed by atoms with Crippen molar-refractivity contribution in [3.8, 4) is 5.75 Å². The molecule has 5 rings (SSSR count). The van der Waals surface area contributed by atoms with Crippen LogP contribution in [0.5, 0.6) is 5.75 Å². The third kappa shape index (κ3) is 9.83. The highest BCUT2D eigenvalue weighted by Crippen LogP contribution is 2.31. The average molecular weight is 591 g/mol. The molecular formula is C27H38Cl2FN3O4S. The number of aliphatic hydroxyl groups is 1. The zero-order valence-electron chi connectivity index (χ0n) is 21.9. The Hall–Kier alpha value is -1.65. The van der Waals surface area contributed by atoms with Crippen LogP contribution in [0.2, 0.25) is 0 Å². The molecule has 38 heavy (non-hydrogen) atoms. The van der Waals surface area contributed by atoms with Crippen LogP contribution in [0.25, 0.3) is 11.1 Å². The number of aromatic nitrogens is 2. The molecule has 7 nitrogen and oxygen atoms in total. The summed E-state index contributed by atoms with van der Waals surface area (Å²) in [6.07, 6.45) is 8.28. The lowest BCUT2D eigenvalue weighted by atomic mass is 10.1. The molecule has 2 unspecified atom stereocenters. The molecule has 2 aliphatic rings. The number of halogens is 3. The van der Waals surface area contributed by atoms with Gasteiger partial charge in [0.25, 0.3) is 0 Å². The minimum absolute atomic E-state index is 0.102. The van der Waals surface area contributed by atoms with E-state index >= 15 is 0 Å². The number of aliphatic hydroxyl groups excluding tert-OH is 1. The van der Waals surface area contributed by atoms with Crippen LogP contribution in [0.1, 0.15) is 62.3 Å². The second-order valence-electron chi connectivity index (χ2n) is 9.21. The number of benzene rings is 1. The zero-order valence-corrected chi connectivity index (χ0v) is 24.2. The van der Waals surface area contributed by atoms with Crippen molar-refractivity contribution in [2.45, 2.75) is 58.0 Å². The summed E-state index contributed by atoms with van der Waals surface area (Å²) < 4.78 is 29.3. The van der Waals surface area contributed by atoms with Crippen molar-refractivity contribution in [1.82, 2.24) is 9.97 Å². The van der Waals surface area contributed by atoms with Gasteiger partial charge >= 0.3 is 0 Å². The standard InChI is InChI=1S/C22H28FN3O3S.C4H8O.CH2Cl2/c1-2-15(12-23)14-28-16-6-7-17-19(10-16)29-21(25-17)11-18(27)20-13-24-22(30-20)26-8-4-3-5-9-26;1-2-4-5-3-1;2-1-3/h6-7,10,13,15,18,27H,2-5,8-9,11-12,14H2,1H3;1-4H2;1H2. The van der Waals surface area contributed by atoms with Gasteiger partial charge in [-0.3, -0.25) is 4.39 Å². The van der Waals surface area contributed by atoms with Gasteiger partial charge in [-0.25, -0.2) is 9.97 Å². The fourth-order valence-electron chi connectivity index (χ4n) is 4.05. The number of thiazole rings is 1. The molecule has 0 spiro atoms. The zero-order chi connectivity index (χ0) is 27.2. The van der Waals surface area contributed by atoms with E-state index in [0.29, 0.717) is 29.3 Å². The molecule has 2 atom stereocenters. The molecule has 0 radical (unpaired) electrons. The van der Waals surface area contributed by atoms with Crippen molar-refractivity contribution in [1.29, 1.82) is 0 Å². The fourth-order valence-corrected chi connectivity index (χ4v) is 5.01. The van der Waals surface area contributed by atoms with Crippen molar-refractivity contribution >= 4 is 50.8 Å². The Balaban J connectivity index is 0.000000433. The van der Waals surface area contributed by atoms with Crippen LogP contribution < -0.4 is 9.64 Å². The van der Waals surface area contributed by atoms with Crippen LogP contribution >= 0.6 is 34.5 Å². The van der Waals surface area contributed by atoms with E-state index in [2.05, 4.69) is 14.9 Å². The number of anilines is 1. The number of alkyl halides is 3. The molecule has 2 fully saturated rings. The maximum Gasteiger partial charge on any atom is 0.198 e. The molecule has 2 aromatic heterocycles. The number of hydrogen-bond acceptors (Lipinski definition) is 8. The number of ether oxygens (including phenoxy) is 2. The SMILES string of the molecule is C1CCOC1.CCC(CF)COc1ccc2nc(CC(O)c3cnc(N4CCCCC4)s3)oc2c1.ClCCl. The fraction of sp³-hybridized carbons (Fsp3) is 0.630. The van der Waals surface area contributed by atoms with E-state index in [1.165, 1.54) is 43.4 Å². The molecule has 1 aromatic carbocycles. The van der Waals surface area contributed by atoms with Gasteiger partial charge in [-0.1, -0.05) is 18.3 Å². The van der Waals surface area contributed by atoms with Gasteiger partial charge in [-0.15, -0.1) is 23.2 Å². The predicted octanol–water partition coefficient (Wildman–Crippen LogP) is 7.14. The van der Waals surface area contributed by atoms with Crippen molar-refractivity contribution in [3.05, 3.63) is 35.2 Å². The summed E-state index contributed by atoms with van der Waals surface area (Å²) in [4.78, 5) is 12.1. The minimum atomic E-state index is -0.709. The monoisotopic (exact) mass is 589 g/mol. The molecular weight excluding hydrogens is 552 g/mol. The molecule has 0 bridgehead atoms. The lowest BCUT2D eigenvalue weighted by molar-refractivity contribution is 0.173. The molecule has 1 N–H and O–H groups in total. The molecule has 11 heteroatoms. The highest BCUT2D eigenvalue weighted by Gasteiger charge is 2.20. The largest absolute Gasteiger partial charge is 0.493 e. The molecule has 3 aromatic rings. The average Bonchev–Trinajstić information content (AvgIpc) is 3.73. The molecule has 0 saturated carbocycles.